The van der Waals surface area contributed by atoms with Crippen molar-refractivity contribution in [3.8, 4) is 5.75 Å². The standard InChI is InChI=1S/C25H35O2P.Li/c1-7-8-9-10-15-27-21-11-13-22(14-12-21)28-24(26)23-18(2)16-20(17-19(23)3)25(4,5)6;/h11-14,16-17,28H,7-10,15H2,1-6H3;. The number of hydrogen-bond donors (Lipinski definition) is 0. The number of hydrogen-bond acceptors (Lipinski definition) is 2. The minimum atomic E-state index is 0. The topological polar surface area (TPSA) is 26.3 Å². The fourth-order valence-electron chi connectivity index (χ4n) is 3.30. The molecule has 0 fully saturated rings. The Morgan fingerprint density at radius 2 is 1.55 bits per heavy atom. The maximum Gasteiger partial charge on any atom is 0.186 e. The molecule has 0 aliphatic carbocycles. The van der Waals surface area contributed by atoms with E-state index in [1.807, 2.05) is 24.3 Å². The first-order valence-corrected chi connectivity index (χ1v) is 11.4. The van der Waals surface area contributed by atoms with Gasteiger partial charge in [-0.1, -0.05) is 71.2 Å². The number of benzene rings is 2. The van der Waals surface area contributed by atoms with E-state index in [0.717, 1.165) is 40.8 Å². The maximum absolute atomic E-state index is 13.0. The molecule has 0 amide bonds. The summed E-state index contributed by atoms with van der Waals surface area (Å²) in [4.78, 5) is 13.0. The third-order valence-electron chi connectivity index (χ3n) is 5.00. The fraction of sp³-hybridized carbons (Fsp3) is 0.480. The molecule has 2 aromatic carbocycles. The normalized spacial score (nSPS) is 11.5. The molecule has 153 valence electrons. The Kier molecular flexibility index (Phi) is 10.7. The SMILES string of the molecule is CCCCCCOc1ccc(PC(=O)c2c(C)cc(C(C)(C)C)cc2C)cc1.[Li]. The zero-order valence-corrected chi connectivity index (χ0v) is 20.3. The van der Waals surface area contributed by atoms with Gasteiger partial charge in [0.2, 0.25) is 0 Å². The summed E-state index contributed by atoms with van der Waals surface area (Å²) < 4.78 is 5.80. The fourth-order valence-corrected chi connectivity index (χ4v) is 4.42. The van der Waals surface area contributed by atoms with Crippen molar-refractivity contribution in [2.75, 3.05) is 6.61 Å². The van der Waals surface area contributed by atoms with Crippen LogP contribution in [0.3, 0.4) is 0 Å². The summed E-state index contributed by atoms with van der Waals surface area (Å²) in [5.41, 5.74) is 4.61. The number of unbranched alkanes of at least 4 members (excludes halogenated alkanes) is 3. The zero-order valence-electron chi connectivity index (χ0n) is 19.3. The molecule has 0 N–H and O–H groups in total. The molecule has 2 nitrogen and oxygen atoms in total. The number of ether oxygens (including phenoxy) is 1. The molecule has 1 unspecified atom stereocenters. The Hall–Kier alpha value is -1.06. The van der Waals surface area contributed by atoms with Crippen LogP contribution in [0.25, 0.3) is 0 Å². The van der Waals surface area contributed by atoms with E-state index in [9.17, 15) is 4.79 Å². The van der Waals surface area contributed by atoms with Gasteiger partial charge in [0.15, 0.2) is 5.52 Å². The molecule has 0 saturated heterocycles. The van der Waals surface area contributed by atoms with E-state index < -0.39 is 0 Å². The molecule has 0 saturated carbocycles. The minimum Gasteiger partial charge on any atom is -0.494 e. The summed E-state index contributed by atoms with van der Waals surface area (Å²) in [5.74, 6) is 0.888. The molecule has 0 aliphatic rings. The van der Waals surface area contributed by atoms with Gasteiger partial charge in [0.25, 0.3) is 0 Å². The van der Waals surface area contributed by atoms with Crippen LogP contribution in [0.2, 0.25) is 0 Å². The Morgan fingerprint density at radius 1 is 0.966 bits per heavy atom. The van der Waals surface area contributed by atoms with Crippen LogP contribution < -0.4 is 10.0 Å². The van der Waals surface area contributed by atoms with Gasteiger partial charge in [0, 0.05) is 24.4 Å². The molecule has 1 radical (unpaired) electrons. The van der Waals surface area contributed by atoms with Crippen molar-refractivity contribution in [2.45, 2.75) is 72.6 Å². The number of carbonyl (C=O) groups excluding carboxylic acids is 1. The average molecular weight is 405 g/mol. The number of rotatable bonds is 9. The second-order valence-corrected chi connectivity index (χ2v) is 9.90. The number of carbonyl (C=O) groups is 1. The van der Waals surface area contributed by atoms with Crippen molar-refractivity contribution in [1.82, 2.24) is 0 Å². The van der Waals surface area contributed by atoms with E-state index in [1.165, 1.54) is 24.8 Å². The van der Waals surface area contributed by atoms with Crippen molar-refractivity contribution in [3.63, 3.8) is 0 Å². The van der Waals surface area contributed by atoms with Gasteiger partial charge in [-0.3, -0.25) is 4.79 Å². The van der Waals surface area contributed by atoms with E-state index in [4.69, 9.17) is 4.74 Å². The van der Waals surface area contributed by atoms with Crippen molar-refractivity contribution in [3.05, 3.63) is 58.7 Å². The van der Waals surface area contributed by atoms with E-state index in [0.29, 0.717) is 0 Å². The van der Waals surface area contributed by atoms with Crippen molar-refractivity contribution in [2.24, 2.45) is 0 Å². The van der Waals surface area contributed by atoms with Crippen molar-refractivity contribution >= 4 is 38.3 Å². The Bertz CT molecular complexity index is 768. The first-order chi connectivity index (χ1) is 13.2. The zero-order chi connectivity index (χ0) is 20.7. The van der Waals surface area contributed by atoms with E-state index in [-0.39, 0.29) is 38.4 Å². The molecular weight excluding hydrogens is 370 g/mol. The Morgan fingerprint density at radius 3 is 2.07 bits per heavy atom. The average Bonchev–Trinajstić information content (AvgIpc) is 2.61. The summed E-state index contributed by atoms with van der Waals surface area (Å²) in [6, 6.07) is 12.3. The van der Waals surface area contributed by atoms with E-state index >= 15 is 0 Å². The molecule has 0 spiro atoms. The van der Waals surface area contributed by atoms with Crippen molar-refractivity contribution in [1.29, 1.82) is 0 Å². The van der Waals surface area contributed by atoms with Crippen LogP contribution in [0.1, 0.15) is 80.4 Å². The van der Waals surface area contributed by atoms with Crippen LogP contribution in [0, 0.1) is 13.8 Å². The first-order valence-electron chi connectivity index (χ1n) is 10.4. The van der Waals surface area contributed by atoms with Crippen LogP contribution in [-0.2, 0) is 5.41 Å². The van der Waals surface area contributed by atoms with Crippen LogP contribution in [-0.4, -0.2) is 31.0 Å². The largest absolute Gasteiger partial charge is 0.494 e. The molecule has 0 aromatic heterocycles. The summed E-state index contributed by atoms with van der Waals surface area (Å²) in [6.07, 6.45) is 4.82. The minimum absolute atomic E-state index is 0. The van der Waals surface area contributed by atoms with Gasteiger partial charge in [-0.2, -0.15) is 0 Å². The molecule has 2 aromatic rings. The summed E-state index contributed by atoms with van der Waals surface area (Å²) in [5, 5.41) is 1.06. The van der Waals surface area contributed by atoms with E-state index in [2.05, 4.69) is 53.7 Å². The third-order valence-corrected chi connectivity index (χ3v) is 6.10. The monoisotopic (exact) mass is 405 g/mol. The van der Waals surface area contributed by atoms with E-state index in [1.54, 1.807) is 0 Å². The van der Waals surface area contributed by atoms with Gasteiger partial charge < -0.3 is 4.74 Å². The van der Waals surface area contributed by atoms with Gasteiger partial charge in [-0.15, -0.1) is 0 Å². The van der Waals surface area contributed by atoms with Crippen LogP contribution in [0.5, 0.6) is 5.75 Å². The van der Waals surface area contributed by atoms with Gasteiger partial charge in [-0.25, -0.2) is 0 Å². The van der Waals surface area contributed by atoms with Gasteiger partial charge in [0.1, 0.15) is 5.75 Å². The molecule has 4 heteroatoms. The molecule has 0 heterocycles. The third kappa shape index (κ3) is 7.94. The predicted octanol–water partition coefficient (Wildman–Crippen LogP) is 6.32. The quantitative estimate of drug-likeness (QED) is 0.277. The summed E-state index contributed by atoms with van der Waals surface area (Å²) in [7, 11) is 0.136. The predicted molar refractivity (Wildman–Crippen MR) is 129 cm³/mol. The van der Waals surface area contributed by atoms with Gasteiger partial charge >= 0.3 is 0 Å². The molecule has 2 rings (SSSR count). The molecular formula is C25H35LiO2P. The van der Waals surface area contributed by atoms with Crippen LogP contribution >= 0.6 is 8.58 Å². The molecule has 1 atom stereocenters. The second kappa shape index (κ2) is 12.0. The van der Waals surface area contributed by atoms with Crippen LogP contribution in [0.4, 0.5) is 0 Å². The van der Waals surface area contributed by atoms with Gasteiger partial charge in [0.05, 0.1) is 6.61 Å². The Balaban J connectivity index is 0.00000420. The van der Waals surface area contributed by atoms with Gasteiger partial charge in [-0.05, 0) is 68.4 Å². The number of aryl methyl sites for hydroxylation is 2. The van der Waals surface area contributed by atoms with Crippen molar-refractivity contribution < 1.29 is 9.53 Å². The second-order valence-electron chi connectivity index (χ2n) is 8.62. The molecule has 0 aliphatic heterocycles. The molecule has 29 heavy (non-hydrogen) atoms. The smallest absolute Gasteiger partial charge is 0.186 e. The van der Waals surface area contributed by atoms with Crippen LogP contribution in [0.15, 0.2) is 36.4 Å². The summed E-state index contributed by atoms with van der Waals surface area (Å²) in [6.45, 7) is 13.7. The molecule has 0 bridgehead atoms. The summed E-state index contributed by atoms with van der Waals surface area (Å²) >= 11 is 0. The Labute approximate surface area is 191 Å². The maximum atomic E-state index is 13.0. The first kappa shape index (κ1) is 26.0.